The van der Waals surface area contributed by atoms with E-state index in [0.29, 0.717) is 0 Å². The van der Waals surface area contributed by atoms with Crippen molar-refractivity contribution in [3.05, 3.63) is 193 Å². The molecule has 0 spiro atoms. The zero-order chi connectivity index (χ0) is 40.3. The molecule has 0 radical (unpaired) electrons. The number of hydrogen-bond donors (Lipinski definition) is 0. The first-order valence-electron chi connectivity index (χ1n) is 21.5. The van der Waals surface area contributed by atoms with Crippen LogP contribution < -0.4 is 0 Å². The highest BCUT2D eigenvalue weighted by molar-refractivity contribution is 6.23. The third-order valence-electron chi connectivity index (χ3n) is 14.0. The Hall–Kier alpha value is -6.90. The lowest BCUT2D eigenvalue weighted by molar-refractivity contribution is 0.333. The van der Waals surface area contributed by atoms with E-state index in [0.717, 1.165) is 0 Å². The number of nitrogens with zero attached hydrogens (tertiary/aromatic N) is 2. The number of rotatable bonds is 4. The standard InChI is InChI=1S/C58H46N2/c1-57(2)33-34-58(3,4)55-45(25-16-26-50(55)57)41-30-32-53(42-21-10-8-19-39(41)42)60-52-28-15-13-23-44(52)49-36-47(40-20-9-11-24-46(40)56(49)60)37-29-31-54-48(35-37)43-22-12-14-27-51(43)59(54)38-17-6-5-7-18-38/h5-32,35-36H,33-34H2,1-4H3. The summed E-state index contributed by atoms with van der Waals surface area (Å²) >= 11 is 0. The van der Waals surface area contributed by atoms with E-state index >= 15 is 0 Å². The average molecular weight is 771 g/mol. The fraction of sp³-hybridized carbons (Fsp3) is 0.138. The number of benzene rings is 9. The molecule has 2 aromatic heterocycles. The summed E-state index contributed by atoms with van der Waals surface area (Å²) in [4.78, 5) is 0. The summed E-state index contributed by atoms with van der Waals surface area (Å²) in [6.07, 6.45) is 2.38. The quantitative estimate of drug-likeness (QED) is 0.169. The maximum Gasteiger partial charge on any atom is 0.0620 e. The van der Waals surface area contributed by atoms with E-state index in [-0.39, 0.29) is 10.8 Å². The molecule has 1 aliphatic rings. The van der Waals surface area contributed by atoms with Crippen molar-refractivity contribution in [1.82, 2.24) is 9.13 Å². The Morgan fingerprint density at radius 1 is 0.367 bits per heavy atom. The highest BCUT2D eigenvalue weighted by Gasteiger charge is 2.39. The second-order valence-electron chi connectivity index (χ2n) is 18.3. The minimum atomic E-state index is 0.0914. The third-order valence-corrected chi connectivity index (χ3v) is 14.0. The summed E-state index contributed by atoms with van der Waals surface area (Å²) in [5.74, 6) is 0. The van der Waals surface area contributed by atoms with Crippen LogP contribution in [0.4, 0.5) is 0 Å². The maximum atomic E-state index is 2.55. The second-order valence-corrected chi connectivity index (χ2v) is 18.3. The summed E-state index contributed by atoms with van der Waals surface area (Å²) in [5.41, 5.74) is 15.7. The highest BCUT2D eigenvalue weighted by atomic mass is 15.0. The van der Waals surface area contributed by atoms with E-state index in [2.05, 4.69) is 219 Å². The third kappa shape index (κ3) is 5.00. The van der Waals surface area contributed by atoms with E-state index in [1.165, 1.54) is 123 Å². The monoisotopic (exact) mass is 770 g/mol. The maximum absolute atomic E-state index is 2.55. The summed E-state index contributed by atoms with van der Waals surface area (Å²) in [5, 5.41) is 10.1. The lowest BCUT2D eigenvalue weighted by atomic mass is 9.61. The lowest BCUT2D eigenvalue weighted by Crippen LogP contribution is -2.34. The van der Waals surface area contributed by atoms with E-state index < -0.39 is 0 Å². The van der Waals surface area contributed by atoms with Gasteiger partial charge in [-0.05, 0) is 116 Å². The molecule has 0 atom stereocenters. The molecule has 60 heavy (non-hydrogen) atoms. The van der Waals surface area contributed by atoms with Gasteiger partial charge in [0.25, 0.3) is 0 Å². The first kappa shape index (κ1) is 35.1. The molecular formula is C58H46N2. The Morgan fingerprint density at radius 3 is 1.70 bits per heavy atom. The molecule has 2 heteroatoms. The van der Waals surface area contributed by atoms with Crippen molar-refractivity contribution in [3.8, 4) is 33.6 Å². The van der Waals surface area contributed by atoms with Crippen LogP contribution in [0.3, 0.4) is 0 Å². The van der Waals surface area contributed by atoms with E-state index in [1.54, 1.807) is 0 Å². The van der Waals surface area contributed by atoms with Gasteiger partial charge in [0.05, 0.1) is 27.8 Å². The molecule has 9 aromatic carbocycles. The molecule has 0 saturated heterocycles. The van der Waals surface area contributed by atoms with Gasteiger partial charge < -0.3 is 9.13 Å². The Morgan fingerprint density at radius 2 is 0.950 bits per heavy atom. The van der Waals surface area contributed by atoms with Crippen LogP contribution in [0.2, 0.25) is 0 Å². The molecule has 1 aliphatic carbocycles. The summed E-state index contributed by atoms with van der Waals surface area (Å²) in [6.45, 7) is 9.74. The van der Waals surface area contributed by atoms with Gasteiger partial charge in [-0.15, -0.1) is 0 Å². The van der Waals surface area contributed by atoms with Gasteiger partial charge in [-0.2, -0.15) is 0 Å². The van der Waals surface area contributed by atoms with Crippen molar-refractivity contribution >= 4 is 65.2 Å². The van der Waals surface area contributed by atoms with Crippen LogP contribution in [0.1, 0.15) is 51.7 Å². The molecule has 0 saturated carbocycles. The lowest BCUT2D eigenvalue weighted by Gasteiger charge is -2.43. The first-order valence-corrected chi connectivity index (χ1v) is 21.5. The van der Waals surface area contributed by atoms with Crippen LogP contribution in [-0.4, -0.2) is 9.13 Å². The Balaban J connectivity index is 1.11. The fourth-order valence-corrected chi connectivity index (χ4v) is 11.0. The molecule has 2 nitrogen and oxygen atoms in total. The molecular weight excluding hydrogens is 725 g/mol. The van der Waals surface area contributed by atoms with Gasteiger partial charge in [0.1, 0.15) is 0 Å². The normalized spacial score (nSPS) is 14.8. The first-order chi connectivity index (χ1) is 29.3. The Bertz CT molecular complexity index is 3540. The topological polar surface area (TPSA) is 9.86 Å². The van der Waals surface area contributed by atoms with Gasteiger partial charge in [-0.1, -0.05) is 161 Å². The van der Waals surface area contributed by atoms with Gasteiger partial charge in [0.15, 0.2) is 0 Å². The van der Waals surface area contributed by atoms with Gasteiger partial charge in [-0.25, -0.2) is 0 Å². The zero-order valence-corrected chi connectivity index (χ0v) is 34.6. The van der Waals surface area contributed by atoms with Crippen molar-refractivity contribution in [3.63, 3.8) is 0 Å². The molecule has 0 aliphatic heterocycles. The van der Waals surface area contributed by atoms with Crippen LogP contribution in [0, 0.1) is 0 Å². The predicted octanol–water partition coefficient (Wildman–Crippen LogP) is 15.9. The molecule has 288 valence electrons. The van der Waals surface area contributed by atoms with Crippen LogP contribution in [-0.2, 0) is 10.8 Å². The summed E-state index contributed by atoms with van der Waals surface area (Å²) < 4.78 is 4.94. The van der Waals surface area contributed by atoms with E-state index in [1.807, 2.05) is 0 Å². The van der Waals surface area contributed by atoms with Gasteiger partial charge >= 0.3 is 0 Å². The zero-order valence-electron chi connectivity index (χ0n) is 34.6. The van der Waals surface area contributed by atoms with E-state index in [9.17, 15) is 0 Å². The summed E-state index contributed by atoms with van der Waals surface area (Å²) in [6, 6.07) is 68.0. The molecule has 0 N–H and O–H groups in total. The SMILES string of the molecule is CC1(C)CCC(C)(C)c2c(-c3ccc(-n4c5ccccc5c5cc(-c6ccc7c(c6)c6ccccc6n7-c6ccccc6)c6ccccc6c54)c4ccccc34)cccc21. The van der Waals surface area contributed by atoms with Crippen LogP contribution in [0.15, 0.2) is 182 Å². The van der Waals surface area contributed by atoms with Crippen molar-refractivity contribution in [1.29, 1.82) is 0 Å². The molecule has 0 unspecified atom stereocenters. The largest absolute Gasteiger partial charge is 0.309 e. The Kier molecular flexibility index (Phi) is 7.48. The molecule has 0 bridgehead atoms. The molecule has 11 aromatic rings. The fourth-order valence-electron chi connectivity index (χ4n) is 11.0. The number of aromatic nitrogens is 2. The van der Waals surface area contributed by atoms with Gasteiger partial charge in [-0.3, -0.25) is 0 Å². The van der Waals surface area contributed by atoms with Gasteiger partial charge in [0, 0.05) is 38.0 Å². The van der Waals surface area contributed by atoms with Crippen molar-refractivity contribution in [2.24, 2.45) is 0 Å². The minimum absolute atomic E-state index is 0.0914. The van der Waals surface area contributed by atoms with Crippen molar-refractivity contribution in [2.45, 2.75) is 51.4 Å². The summed E-state index contributed by atoms with van der Waals surface area (Å²) in [7, 11) is 0. The van der Waals surface area contributed by atoms with Crippen molar-refractivity contribution in [2.75, 3.05) is 0 Å². The molecule has 2 heterocycles. The van der Waals surface area contributed by atoms with Crippen molar-refractivity contribution < 1.29 is 0 Å². The van der Waals surface area contributed by atoms with Crippen LogP contribution >= 0.6 is 0 Å². The second kappa shape index (κ2) is 12.8. The van der Waals surface area contributed by atoms with E-state index in [4.69, 9.17) is 0 Å². The number of hydrogen-bond acceptors (Lipinski definition) is 0. The van der Waals surface area contributed by atoms with Gasteiger partial charge in [0.2, 0.25) is 0 Å². The van der Waals surface area contributed by atoms with Crippen LogP contribution in [0.25, 0.3) is 98.8 Å². The minimum Gasteiger partial charge on any atom is -0.309 e. The molecule has 12 rings (SSSR count). The Labute approximate surface area is 351 Å². The molecule has 0 amide bonds. The number of fused-ring (bicyclic) bond motifs is 10. The highest BCUT2D eigenvalue weighted by Crippen LogP contribution is 2.51. The predicted molar refractivity (Wildman–Crippen MR) is 256 cm³/mol. The average Bonchev–Trinajstić information content (AvgIpc) is 3.80. The van der Waals surface area contributed by atoms with Crippen LogP contribution in [0.5, 0.6) is 0 Å². The smallest absolute Gasteiger partial charge is 0.0620 e. The molecule has 0 fully saturated rings. The number of para-hydroxylation sites is 3.